The zero-order valence-electron chi connectivity index (χ0n) is 16.1. The van der Waals surface area contributed by atoms with Gasteiger partial charge in [-0.05, 0) is 40.7 Å². The molecule has 2 N–H and O–H groups in total. The lowest BCUT2D eigenvalue weighted by Gasteiger charge is -2.30. The van der Waals surface area contributed by atoms with E-state index in [0.29, 0.717) is 25.2 Å². The Morgan fingerprint density at radius 1 is 1.12 bits per heavy atom. The molecule has 0 amide bonds. The first-order chi connectivity index (χ1) is 11.5. The van der Waals surface area contributed by atoms with Crippen molar-refractivity contribution in [2.45, 2.75) is 53.2 Å². The molecule has 0 saturated heterocycles. The van der Waals surface area contributed by atoms with Crippen molar-refractivity contribution < 1.29 is 4.74 Å². The van der Waals surface area contributed by atoms with Crippen LogP contribution < -0.4 is 15.4 Å². The molecule has 0 fully saturated rings. The summed E-state index contributed by atoms with van der Waals surface area (Å²) < 4.78 is 5.66. The second kappa shape index (κ2) is 10.9. The zero-order valence-corrected chi connectivity index (χ0v) is 16.1. The molecule has 0 aliphatic rings. The van der Waals surface area contributed by atoms with Crippen LogP contribution in [0.4, 0.5) is 0 Å². The quantitative estimate of drug-likeness (QED) is 0.538. The minimum absolute atomic E-state index is 0.542. The summed E-state index contributed by atoms with van der Waals surface area (Å²) in [6.07, 6.45) is 0. The largest absolute Gasteiger partial charge is 0.494 e. The van der Waals surface area contributed by atoms with Crippen LogP contribution in [-0.4, -0.2) is 49.7 Å². The van der Waals surface area contributed by atoms with Gasteiger partial charge in [-0.2, -0.15) is 0 Å². The predicted octanol–water partition coefficient (Wildman–Crippen LogP) is 2.87. The second-order valence-electron chi connectivity index (χ2n) is 6.32. The molecule has 0 radical (unpaired) electrons. The number of nitrogens with zero attached hydrogens (tertiary/aromatic N) is 2. The van der Waals surface area contributed by atoms with Crippen LogP contribution in [0, 0.1) is 0 Å². The van der Waals surface area contributed by atoms with Crippen molar-refractivity contribution in [1.82, 2.24) is 15.5 Å². The highest BCUT2D eigenvalue weighted by Crippen LogP contribution is 2.17. The molecule has 0 heterocycles. The average molecular weight is 335 g/mol. The van der Waals surface area contributed by atoms with E-state index < -0.39 is 0 Å². The molecular weight excluding hydrogens is 300 g/mol. The molecule has 5 heteroatoms. The lowest BCUT2D eigenvalue weighted by Crippen LogP contribution is -2.45. The highest BCUT2D eigenvalue weighted by Gasteiger charge is 2.12. The molecule has 1 aromatic carbocycles. The summed E-state index contributed by atoms with van der Waals surface area (Å²) >= 11 is 0. The monoisotopic (exact) mass is 334 g/mol. The maximum Gasteiger partial charge on any atom is 0.191 e. The number of nitrogens with one attached hydrogen (secondary N) is 2. The van der Waals surface area contributed by atoms with Gasteiger partial charge in [0.25, 0.3) is 0 Å². The highest BCUT2D eigenvalue weighted by molar-refractivity contribution is 5.79. The number of aliphatic imine (C=N–C) groups is 1. The minimum Gasteiger partial charge on any atom is -0.494 e. The third kappa shape index (κ3) is 6.79. The number of rotatable bonds is 9. The summed E-state index contributed by atoms with van der Waals surface area (Å²) in [5.74, 6) is 1.74. The van der Waals surface area contributed by atoms with Gasteiger partial charge in [0.1, 0.15) is 5.75 Å². The van der Waals surface area contributed by atoms with Gasteiger partial charge in [0.15, 0.2) is 5.96 Å². The van der Waals surface area contributed by atoms with Gasteiger partial charge in [0, 0.05) is 44.3 Å². The second-order valence-corrected chi connectivity index (χ2v) is 6.32. The third-order valence-electron chi connectivity index (χ3n) is 3.93. The van der Waals surface area contributed by atoms with E-state index in [1.165, 1.54) is 0 Å². The number of hydrogen-bond acceptors (Lipinski definition) is 3. The first kappa shape index (κ1) is 20.3. The summed E-state index contributed by atoms with van der Waals surface area (Å²) in [5.41, 5.74) is 1.13. The Kier molecular flexibility index (Phi) is 9.23. The Bertz CT molecular complexity index is 492. The number of guanidine groups is 1. The van der Waals surface area contributed by atoms with Crippen molar-refractivity contribution in [2.24, 2.45) is 4.99 Å². The Hall–Kier alpha value is -1.75. The van der Waals surface area contributed by atoms with E-state index in [2.05, 4.69) is 54.3 Å². The SMILES string of the molecule is CCOc1ccccc1CNC(=NC)NCCN(C(C)C)C(C)C. The normalized spacial score (nSPS) is 12.1. The van der Waals surface area contributed by atoms with Gasteiger partial charge in [-0.15, -0.1) is 0 Å². The van der Waals surface area contributed by atoms with Crippen LogP contribution in [0.1, 0.15) is 40.2 Å². The molecule has 24 heavy (non-hydrogen) atoms. The number of hydrogen-bond donors (Lipinski definition) is 2. The molecule has 0 aliphatic heterocycles. The predicted molar refractivity (Wildman–Crippen MR) is 103 cm³/mol. The van der Waals surface area contributed by atoms with E-state index in [9.17, 15) is 0 Å². The van der Waals surface area contributed by atoms with Gasteiger partial charge in [-0.3, -0.25) is 9.89 Å². The molecule has 0 aromatic heterocycles. The fraction of sp³-hybridized carbons (Fsp3) is 0.632. The van der Waals surface area contributed by atoms with E-state index in [0.717, 1.165) is 30.4 Å². The maximum atomic E-state index is 5.66. The molecule has 1 aromatic rings. The van der Waals surface area contributed by atoms with Crippen molar-refractivity contribution in [3.63, 3.8) is 0 Å². The van der Waals surface area contributed by atoms with Crippen molar-refractivity contribution in [1.29, 1.82) is 0 Å². The minimum atomic E-state index is 0.542. The van der Waals surface area contributed by atoms with Crippen LogP contribution in [-0.2, 0) is 6.54 Å². The number of ether oxygens (including phenoxy) is 1. The fourth-order valence-corrected chi connectivity index (χ4v) is 2.76. The smallest absolute Gasteiger partial charge is 0.191 e. The van der Waals surface area contributed by atoms with E-state index in [-0.39, 0.29) is 0 Å². The van der Waals surface area contributed by atoms with Crippen LogP contribution in [0.25, 0.3) is 0 Å². The fourth-order valence-electron chi connectivity index (χ4n) is 2.76. The summed E-state index contributed by atoms with van der Waals surface area (Å²) in [6, 6.07) is 9.18. The maximum absolute atomic E-state index is 5.66. The lowest BCUT2D eigenvalue weighted by molar-refractivity contribution is 0.178. The molecule has 5 nitrogen and oxygen atoms in total. The Balaban J connectivity index is 2.49. The van der Waals surface area contributed by atoms with Crippen molar-refractivity contribution in [3.05, 3.63) is 29.8 Å². The molecule has 136 valence electrons. The summed E-state index contributed by atoms with van der Waals surface area (Å²) in [7, 11) is 1.80. The van der Waals surface area contributed by atoms with Crippen molar-refractivity contribution in [3.8, 4) is 5.75 Å². The summed E-state index contributed by atoms with van der Waals surface area (Å²) in [4.78, 5) is 6.76. The summed E-state index contributed by atoms with van der Waals surface area (Å²) in [5, 5.41) is 6.74. The molecule has 0 saturated carbocycles. The molecule has 1 rings (SSSR count). The Morgan fingerprint density at radius 2 is 1.79 bits per heavy atom. The standard InChI is InChI=1S/C19H34N4O/c1-7-24-18-11-9-8-10-17(18)14-22-19(20-6)21-12-13-23(15(2)3)16(4)5/h8-11,15-16H,7,12-14H2,1-6H3,(H2,20,21,22). The van der Waals surface area contributed by atoms with Crippen molar-refractivity contribution >= 4 is 5.96 Å². The van der Waals surface area contributed by atoms with E-state index >= 15 is 0 Å². The average Bonchev–Trinajstić information content (AvgIpc) is 2.55. The van der Waals surface area contributed by atoms with Crippen LogP contribution in [0.15, 0.2) is 29.3 Å². The zero-order chi connectivity index (χ0) is 17.9. The molecule has 0 spiro atoms. The first-order valence-corrected chi connectivity index (χ1v) is 8.90. The van der Waals surface area contributed by atoms with E-state index in [1.54, 1.807) is 7.05 Å². The third-order valence-corrected chi connectivity index (χ3v) is 3.93. The number of benzene rings is 1. The van der Waals surface area contributed by atoms with Gasteiger partial charge >= 0.3 is 0 Å². The highest BCUT2D eigenvalue weighted by atomic mass is 16.5. The van der Waals surface area contributed by atoms with Crippen LogP contribution in [0.5, 0.6) is 5.75 Å². The van der Waals surface area contributed by atoms with Gasteiger partial charge < -0.3 is 15.4 Å². The topological polar surface area (TPSA) is 48.9 Å². The number of para-hydroxylation sites is 1. The lowest BCUT2D eigenvalue weighted by atomic mass is 10.2. The molecular formula is C19H34N4O. The van der Waals surface area contributed by atoms with Gasteiger partial charge in [-0.1, -0.05) is 18.2 Å². The molecule has 0 unspecified atom stereocenters. The molecule has 0 bridgehead atoms. The van der Waals surface area contributed by atoms with Gasteiger partial charge in [0.05, 0.1) is 6.61 Å². The van der Waals surface area contributed by atoms with Crippen LogP contribution in [0.2, 0.25) is 0 Å². The summed E-state index contributed by atoms with van der Waals surface area (Å²) in [6.45, 7) is 14.2. The van der Waals surface area contributed by atoms with Gasteiger partial charge in [-0.25, -0.2) is 0 Å². The van der Waals surface area contributed by atoms with Crippen LogP contribution in [0.3, 0.4) is 0 Å². The first-order valence-electron chi connectivity index (χ1n) is 8.90. The van der Waals surface area contributed by atoms with E-state index in [4.69, 9.17) is 4.74 Å². The molecule has 0 atom stereocenters. The Morgan fingerprint density at radius 3 is 2.38 bits per heavy atom. The van der Waals surface area contributed by atoms with Gasteiger partial charge in [0.2, 0.25) is 0 Å². The van der Waals surface area contributed by atoms with Crippen LogP contribution >= 0.6 is 0 Å². The molecule has 0 aliphatic carbocycles. The van der Waals surface area contributed by atoms with Crippen molar-refractivity contribution in [2.75, 3.05) is 26.7 Å². The van der Waals surface area contributed by atoms with E-state index in [1.807, 2.05) is 25.1 Å². The Labute approximate surface area is 147 Å².